The van der Waals surface area contributed by atoms with E-state index in [0.717, 1.165) is 12.1 Å². The third kappa shape index (κ3) is 7.11. The summed E-state index contributed by atoms with van der Waals surface area (Å²) in [5, 5.41) is 4.92. The van der Waals surface area contributed by atoms with Crippen molar-refractivity contribution in [2.45, 2.75) is 25.8 Å². The smallest absolute Gasteiger partial charge is 0.390 e. The zero-order chi connectivity index (χ0) is 17.5. The van der Waals surface area contributed by atoms with E-state index in [1.807, 2.05) is 0 Å². The maximum absolute atomic E-state index is 13.7. The van der Waals surface area contributed by atoms with Gasteiger partial charge in [0.25, 0.3) is 0 Å². The van der Waals surface area contributed by atoms with Crippen molar-refractivity contribution in [2.75, 3.05) is 13.6 Å². The van der Waals surface area contributed by atoms with Gasteiger partial charge in [-0.05, 0) is 12.1 Å². The number of halogens is 6. The highest BCUT2D eigenvalue weighted by molar-refractivity contribution is 5.79. The molecule has 23 heavy (non-hydrogen) atoms. The average molecular weight is 343 g/mol. The van der Waals surface area contributed by atoms with Gasteiger partial charge in [0.05, 0.1) is 6.42 Å². The van der Waals surface area contributed by atoms with E-state index in [1.165, 1.54) is 13.1 Å². The predicted octanol–water partition coefficient (Wildman–Crippen LogP) is 3.04. The lowest BCUT2D eigenvalue weighted by Gasteiger charge is -2.15. The summed E-state index contributed by atoms with van der Waals surface area (Å²) in [5.74, 6) is -1.18. The third-order valence-corrected chi connectivity index (χ3v) is 2.65. The highest BCUT2D eigenvalue weighted by atomic mass is 19.4. The molecule has 10 heteroatoms. The van der Waals surface area contributed by atoms with E-state index < -0.39 is 31.6 Å². The lowest BCUT2D eigenvalue weighted by molar-refractivity contribution is -0.132. The van der Waals surface area contributed by atoms with Crippen LogP contribution in [0.2, 0.25) is 0 Å². The molecule has 0 amide bonds. The fourth-order valence-corrected chi connectivity index (χ4v) is 1.63. The molecule has 1 aromatic rings. The van der Waals surface area contributed by atoms with Gasteiger partial charge in [0.1, 0.15) is 11.6 Å². The van der Waals surface area contributed by atoms with E-state index in [-0.39, 0.29) is 23.8 Å². The van der Waals surface area contributed by atoms with Gasteiger partial charge in [0.15, 0.2) is 5.96 Å². The fourth-order valence-electron chi connectivity index (χ4n) is 1.63. The van der Waals surface area contributed by atoms with E-state index in [4.69, 9.17) is 0 Å². The topological polar surface area (TPSA) is 45.7 Å². The van der Waals surface area contributed by atoms with Crippen LogP contribution in [-0.4, -0.2) is 32.3 Å². The van der Waals surface area contributed by atoms with Gasteiger partial charge in [-0.2, -0.15) is 22.0 Å². The molecule has 0 aliphatic heterocycles. The van der Waals surface area contributed by atoms with Gasteiger partial charge in [-0.3, -0.25) is 4.99 Å². The van der Waals surface area contributed by atoms with Gasteiger partial charge in [0, 0.05) is 25.7 Å². The summed E-state index contributed by atoms with van der Waals surface area (Å²) in [6.07, 6.45) is -5.40. The molecule has 0 aliphatic carbocycles. The Labute approximate surface area is 128 Å². The van der Waals surface area contributed by atoms with Crippen LogP contribution < -0.4 is 15.4 Å². The molecule has 0 spiro atoms. The van der Waals surface area contributed by atoms with Crippen molar-refractivity contribution in [1.82, 2.24) is 10.6 Å². The minimum Gasteiger partial charge on any atom is -0.434 e. The molecule has 0 saturated heterocycles. The Kier molecular flexibility index (Phi) is 6.98. The van der Waals surface area contributed by atoms with Gasteiger partial charge in [0.2, 0.25) is 0 Å². The Balaban J connectivity index is 2.65. The normalized spacial score (nSPS) is 12.4. The molecule has 0 saturated carbocycles. The summed E-state index contributed by atoms with van der Waals surface area (Å²) >= 11 is 0. The standard InChI is InChI=1S/C13H15F6N3O/c1-20-12(21-6-5-13(17,18)19)22-7-8-9(14)3-2-4-10(8)23-11(15)16/h2-4,11H,5-7H2,1H3,(H2,20,21,22). The Morgan fingerprint density at radius 1 is 1.26 bits per heavy atom. The molecule has 2 N–H and O–H groups in total. The van der Waals surface area contributed by atoms with Crippen LogP contribution in [0.5, 0.6) is 5.75 Å². The molecule has 0 fully saturated rings. The van der Waals surface area contributed by atoms with Crippen LogP contribution in [0, 0.1) is 5.82 Å². The number of rotatable bonds is 6. The van der Waals surface area contributed by atoms with Crippen molar-refractivity contribution < 1.29 is 31.1 Å². The third-order valence-electron chi connectivity index (χ3n) is 2.65. The monoisotopic (exact) mass is 343 g/mol. The van der Waals surface area contributed by atoms with Gasteiger partial charge >= 0.3 is 12.8 Å². The molecule has 0 radical (unpaired) electrons. The summed E-state index contributed by atoms with van der Waals surface area (Å²) in [6.45, 7) is -3.85. The SMILES string of the molecule is CN=C(NCCC(F)(F)F)NCc1c(F)cccc1OC(F)F. The molecule has 4 nitrogen and oxygen atoms in total. The molecular formula is C13H15F6N3O. The number of hydrogen-bond donors (Lipinski definition) is 2. The van der Waals surface area contributed by atoms with Crippen molar-refractivity contribution in [3.8, 4) is 5.75 Å². The van der Waals surface area contributed by atoms with Gasteiger partial charge in [-0.1, -0.05) is 6.07 Å². The highest BCUT2D eigenvalue weighted by Crippen LogP contribution is 2.23. The van der Waals surface area contributed by atoms with Crippen molar-refractivity contribution in [2.24, 2.45) is 4.99 Å². The molecular weight excluding hydrogens is 328 g/mol. The highest BCUT2D eigenvalue weighted by Gasteiger charge is 2.26. The molecule has 0 unspecified atom stereocenters. The molecule has 0 bridgehead atoms. The van der Waals surface area contributed by atoms with Gasteiger partial charge in [-0.25, -0.2) is 4.39 Å². The van der Waals surface area contributed by atoms with Crippen molar-refractivity contribution in [1.29, 1.82) is 0 Å². The van der Waals surface area contributed by atoms with Crippen LogP contribution in [0.1, 0.15) is 12.0 Å². The maximum Gasteiger partial charge on any atom is 0.390 e. The fraction of sp³-hybridized carbons (Fsp3) is 0.462. The molecule has 0 heterocycles. The number of alkyl halides is 5. The van der Waals surface area contributed by atoms with Crippen LogP contribution in [0.15, 0.2) is 23.2 Å². The number of ether oxygens (including phenoxy) is 1. The minimum absolute atomic E-state index is 0.0273. The van der Waals surface area contributed by atoms with E-state index in [0.29, 0.717) is 0 Å². The second-order valence-electron chi connectivity index (χ2n) is 4.31. The largest absolute Gasteiger partial charge is 0.434 e. The van der Waals surface area contributed by atoms with Crippen molar-refractivity contribution >= 4 is 5.96 Å². The molecule has 1 rings (SSSR count). The first kappa shape index (κ1) is 18.9. The number of benzene rings is 1. The number of nitrogens with one attached hydrogen (secondary N) is 2. The molecule has 0 atom stereocenters. The van der Waals surface area contributed by atoms with Gasteiger partial charge in [-0.15, -0.1) is 0 Å². The summed E-state index contributed by atoms with van der Waals surface area (Å²) < 4.78 is 78.6. The Hall–Kier alpha value is -2.13. The van der Waals surface area contributed by atoms with Gasteiger partial charge < -0.3 is 15.4 Å². The summed E-state index contributed by atoms with van der Waals surface area (Å²) in [7, 11) is 1.31. The number of guanidine groups is 1. The van der Waals surface area contributed by atoms with Crippen LogP contribution in [0.3, 0.4) is 0 Å². The lowest BCUT2D eigenvalue weighted by Crippen LogP contribution is -2.38. The molecule has 1 aromatic carbocycles. The Bertz CT molecular complexity index is 533. The first-order valence-corrected chi connectivity index (χ1v) is 6.46. The quantitative estimate of drug-likeness (QED) is 0.474. The summed E-state index contributed by atoms with van der Waals surface area (Å²) in [5.41, 5.74) is -0.188. The Morgan fingerprint density at radius 3 is 2.52 bits per heavy atom. The average Bonchev–Trinajstić information content (AvgIpc) is 2.42. The second-order valence-corrected chi connectivity index (χ2v) is 4.31. The minimum atomic E-state index is -4.32. The summed E-state index contributed by atoms with van der Waals surface area (Å²) in [4.78, 5) is 3.66. The Morgan fingerprint density at radius 2 is 1.96 bits per heavy atom. The van der Waals surface area contributed by atoms with E-state index >= 15 is 0 Å². The first-order chi connectivity index (χ1) is 10.7. The van der Waals surface area contributed by atoms with Crippen LogP contribution in [0.4, 0.5) is 26.3 Å². The lowest BCUT2D eigenvalue weighted by atomic mass is 10.2. The number of aliphatic imine (C=N–C) groups is 1. The zero-order valence-corrected chi connectivity index (χ0v) is 12.1. The molecule has 0 aliphatic rings. The predicted molar refractivity (Wildman–Crippen MR) is 71.9 cm³/mol. The maximum atomic E-state index is 13.7. The number of hydrogen-bond acceptors (Lipinski definition) is 2. The molecule has 0 aromatic heterocycles. The number of nitrogens with zero attached hydrogens (tertiary/aromatic N) is 1. The second kappa shape index (κ2) is 8.49. The van der Waals surface area contributed by atoms with E-state index in [2.05, 4.69) is 20.4 Å². The van der Waals surface area contributed by atoms with Crippen LogP contribution in [-0.2, 0) is 6.54 Å². The zero-order valence-electron chi connectivity index (χ0n) is 12.1. The van der Waals surface area contributed by atoms with Crippen LogP contribution >= 0.6 is 0 Å². The molecule has 130 valence electrons. The summed E-state index contributed by atoms with van der Waals surface area (Å²) in [6, 6.07) is 3.41. The van der Waals surface area contributed by atoms with Crippen molar-refractivity contribution in [3.05, 3.63) is 29.6 Å². The van der Waals surface area contributed by atoms with E-state index in [9.17, 15) is 26.3 Å². The van der Waals surface area contributed by atoms with Crippen LogP contribution in [0.25, 0.3) is 0 Å². The van der Waals surface area contributed by atoms with Crippen molar-refractivity contribution in [3.63, 3.8) is 0 Å². The first-order valence-electron chi connectivity index (χ1n) is 6.46. The van der Waals surface area contributed by atoms with E-state index in [1.54, 1.807) is 0 Å².